The number of hydrogen-bond donors (Lipinski definition) is 0. The van der Waals surface area contributed by atoms with Gasteiger partial charge >= 0.3 is 0 Å². The molecule has 0 spiro atoms. The highest BCUT2D eigenvalue weighted by Crippen LogP contribution is 2.36. The smallest absolute Gasteiger partial charge is 0.233 e. The zero-order valence-corrected chi connectivity index (χ0v) is 16.4. The van der Waals surface area contributed by atoms with Crippen molar-refractivity contribution in [1.29, 1.82) is 0 Å². The number of aromatic nitrogens is 2. The van der Waals surface area contributed by atoms with Crippen molar-refractivity contribution in [2.45, 2.75) is 37.3 Å². The molecule has 0 radical (unpaired) electrons. The van der Waals surface area contributed by atoms with E-state index >= 15 is 0 Å². The monoisotopic (exact) mass is 383 g/mol. The number of benzene rings is 1. The molecule has 1 atom stereocenters. The van der Waals surface area contributed by atoms with E-state index in [1.165, 1.54) is 28.6 Å². The van der Waals surface area contributed by atoms with Crippen molar-refractivity contribution in [3.63, 3.8) is 0 Å². The Morgan fingerprint density at radius 3 is 2.92 bits per heavy atom. The molecule has 1 aliphatic rings. The lowest BCUT2D eigenvalue weighted by Gasteiger charge is -2.33. The molecule has 6 heteroatoms. The Balaban J connectivity index is 1.53. The Morgan fingerprint density at radius 2 is 2.12 bits per heavy atom. The molecule has 26 heavy (non-hydrogen) atoms. The van der Waals surface area contributed by atoms with Crippen LogP contribution in [0.1, 0.15) is 26.2 Å². The van der Waals surface area contributed by atoms with Gasteiger partial charge in [0.2, 0.25) is 5.91 Å². The Bertz CT molecular complexity index is 910. The van der Waals surface area contributed by atoms with Crippen LogP contribution in [-0.2, 0) is 4.79 Å². The van der Waals surface area contributed by atoms with Gasteiger partial charge in [-0.3, -0.25) is 4.79 Å². The molecule has 1 aliphatic heterocycles. The Hall–Kier alpha value is -1.92. The summed E-state index contributed by atoms with van der Waals surface area (Å²) in [5, 5.41) is 1.94. The van der Waals surface area contributed by atoms with E-state index in [-0.39, 0.29) is 5.91 Å². The number of nitrogens with zero attached hydrogens (tertiary/aromatic N) is 3. The van der Waals surface area contributed by atoms with Crippen molar-refractivity contribution < 1.29 is 4.79 Å². The second-order valence-corrected chi connectivity index (χ2v) is 8.59. The normalized spacial score (nSPS) is 17.6. The minimum Gasteiger partial charge on any atom is -0.339 e. The van der Waals surface area contributed by atoms with Gasteiger partial charge in [0.05, 0.1) is 5.75 Å². The van der Waals surface area contributed by atoms with Crippen molar-refractivity contribution in [2.24, 2.45) is 0 Å². The van der Waals surface area contributed by atoms with Crippen molar-refractivity contribution in [3.8, 4) is 10.4 Å². The maximum atomic E-state index is 12.6. The summed E-state index contributed by atoms with van der Waals surface area (Å²) in [6, 6.07) is 12.8. The number of amides is 1. The van der Waals surface area contributed by atoms with E-state index < -0.39 is 0 Å². The van der Waals surface area contributed by atoms with Crippen LogP contribution in [0.3, 0.4) is 0 Å². The molecular formula is C20H21N3OS2. The SMILES string of the molecule is CC1CCCCN1C(=O)CSc1ncnc2sc(-c3ccccc3)cc12. The minimum absolute atomic E-state index is 0.215. The first-order valence-corrected chi connectivity index (χ1v) is 10.7. The molecule has 1 fully saturated rings. The minimum atomic E-state index is 0.215. The van der Waals surface area contributed by atoms with Gasteiger partial charge in [-0.2, -0.15) is 0 Å². The molecule has 134 valence electrons. The van der Waals surface area contributed by atoms with E-state index in [4.69, 9.17) is 0 Å². The molecule has 2 aromatic heterocycles. The zero-order chi connectivity index (χ0) is 17.9. The number of hydrogen-bond acceptors (Lipinski definition) is 5. The second-order valence-electron chi connectivity index (χ2n) is 6.59. The third-order valence-electron chi connectivity index (χ3n) is 4.81. The predicted octanol–water partition coefficient (Wildman–Crippen LogP) is 4.85. The molecule has 4 rings (SSSR count). The number of thioether (sulfide) groups is 1. The number of fused-ring (bicyclic) bond motifs is 1. The Labute approximate surface area is 161 Å². The van der Waals surface area contributed by atoms with Gasteiger partial charge in [-0.15, -0.1) is 11.3 Å². The summed E-state index contributed by atoms with van der Waals surface area (Å²) in [6.07, 6.45) is 5.05. The van der Waals surface area contributed by atoms with Gasteiger partial charge in [0.1, 0.15) is 16.2 Å². The fourth-order valence-corrected chi connectivity index (χ4v) is 5.30. The summed E-state index contributed by atoms with van der Waals surface area (Å²) in [6.45, 7) is 3.03. The Morgan fingerprint density at radius 1 is 1.27 bits per heavy atom. The van der Waals surface area contributed by atoms with Crippen molar-refractivity contribution in [1.82, 2.24) is 14.9 Å². The molecular weight excluding hydrogens is 362 g/mol. The lowest BCUT2D eigenvalue weighted by atomic mass is 10.0. The molecule has 0 bridgehead atoms. The van der Waals surface area contributed by atoms with Gasteiger partial charge in [0, 0.05) is 22.8 Å². The predicted molar refractivity (Wildman–Crippen MR) is 109 cm³/mol. The van der Waals surface area contributed by atoms with E-state index in [1.807, 2.05) is 23.1 Å². The van der Waals surface area contributed by atoms with E-state index in [2.05, 4.69) is 35.1 Å². The highest BCUT2D eigenvalue weighted by atomic mass is 32.2. The molecule has 0 aliphatic carbocycles. The van der Waals surface area contributed by atoms with Crippen LogP contribution < -0.4 is 0 Å². The van der Waals surface area contributed by atoms with E-state index in [9.17, 15) is 4.79 Å². The van der Waals surface area contributed by atoms with Crippen molar-refractivity contribution in [2.75, 3.05) is 12.3 Å². The molecule has 1 amide bonds. The molecule has 3 heterocycles. The second kappa shape index (κ2) is 7.76. The van der Waals surface area contributed by atoms with Crippen LogP contribution in [-0.4, -0.2) is 39.1 Å². The maximum absolute atomic E-state index is 12.6. The van der Waals surface area contributed by atoms with Gasteiger partial charge in [-0.05, 0) is 37.8 Å². The van der Waals surface area contributed by atoms with E-state index in [0.717, 1.165) is 34.6 Å². The van der Waals surface area contributed by atoms with Gasteiger partial charge in [0.15, 0.2) is 0 Å². The first-order chi connectivity index (χ1) is 12.7. The summed E-state index contributed by atoms with van der Waals surface area (Å²) in [5.74, 6) is 0.653. The molecule has 1 aromatic carbocycles. The molecule has 0 N–H and O–H groups in total. The first kappa shape index (κ1) is 17.5. The summed E-state index contributed by atoms with van der Waals surface area (Å²) in [5.41, 5.74) is 1.18. The number of carbonyl (C=O) groups excluding carboxylic acids is 1. The summed E-state index contributed by atoms with van der Waals surface area (Å²) < 4.78 is 0. The van der Waals surface area contributed by atoms with E-state index in [1.54, 1.807) is 17.7 Å². The topological polar surface area (TPSA) is 46.1 Å². The maximum Gasteiger partial charge on any atom is 0.233 e. The zero-order valence-electron chi connectivity index (χ0n) is 14.7. The number of rotatable bonds is 4. The summed E-state index contributed by atoms with van der Waals surface area (Å²) in [4.78, 5) is 25.6. The molecule has 4 nitrogen and oxygen atoms in total. The van der Waals surface area contributed by atoms with Crippen molar-refractivity contribution >= 4 is 39.2 Å². The quantitative estimate of drug-likeness (QED) is 0.477. The number of likely N-dealkylation sites (tertiary alicyclic amines) is 1. The van der Waals surface area contributed by atoms with Gasteiger partial charge in [-0.25, -0.2) is 9.97 Å². The molecule has 1 saturated heterocycles. The summed E-state index contributed by atoms with van der Waals surface area (Å²) >= 11 is 3.19. The largest absolute Gasteiger partial charge is 0.339 e. The van der Waals surface area contributed by atoms with Gasteiger partial charge < -0.3 is 4.90 Å². The van der Waals surface area contributed by atoms with Gasteiger partial charge in [-0.1, -0.05) is 42.1 Å². The average Bonchev–Trinajstić information content (AvgIpc) is 3.12. The van der Waals surface area contributed by atoms with Crippen LogP contribution in [0.15, 0.2) is 47.8 Å². The highest BCUT2D eigenvalue weighted by molar-refractivity contribution is 8.00. The standard InChI is InChI=1S/C20H21N3OS2/c1-14-7-5-6-10-23(14)18(24)12-25-19-16-11-17(15-8-3-2-4-9-15)26-20(16)22-13-21-19/h2-4,8-9,11,13-14H,5-7,10,12H2,1H3. The summed E-state index contributed by atoms with van der Waals surface area (Å²) in [7, 11) is 0. The van der Waals surface area contributed by atoms with E-state index in [0.29, 0.717) is 11.8 Å². The third kappa shape index (κ3) is 3.62. The highest BCUT2D eigenvalue weighted by Gasteiger charge is 2.23. The van der Waals surface area contributed by atoms with Crippen LogP contribution in [0.25, 0.3) is 20.7 Å². The van der Waals surface area contributed by atoms with Crippen LogP contribution in [0.4, 0.5) is 0 Å². The fourth-order valence-electron chi connectivity index (χ4n) is 3.38. The van der Waals surface area contributed by atoms with Crippen LogP contribution >= 0.6 is 23.1 Å². The fraction of sp³-hybridized carbons (Fsp3) is 0.350. The molecule has 0 saturated carbocycles. The first-order valence-electron chi connectivity index (χ1n) is 8.94. The number of carbonyl (C=O) groups is 1. The average molecular weight is 384 g/mol. The molecule has 3 aromatic rings. The lowest BCUT2D eigenvalue weighted by Crippen LogP contribution is -2.42. The Kier molecular flexibility index (Phi) is 5.22. The third-order valence-corrected chi connectivity index (χ3v) is 6.89. The number of thiophene rings is 1. The van der Waals surface area contributed by atoms with Gasteiger partial charge in [0.25, 0.3) is 0 Å². The lowest BCUT2D eigenvalue weighted by molar-refractivity contribution is -0.131. The van der Waals surface area contributed by atoms with Crippen LogP contribution in [0, 0.1) is 0 Å². The van der Waals surface area contributed by atoms with Crippen LogP contribution in [0.5, 0.6) is 0 Å². The molecule has 1 unspecified atom stereocenters. The van der Waals surface area contributed by atoms with Crippen molar-refractivity contribution in [3.05, 3.63) is 42.7 Å². The van der Waals surface area contributed by atoms with Crippen LogP contribution in [0.2, 0.25) is 0 Å². The number of piperidine rings is 1.